The van der Waals surface area contributed by atoms with E-state index in [1.807, 2.05) is 0 Å². The van der Waals surface area contributed by atoms with E-state index in [0.29, 0.717) is 31.1 Å². The highest BCUT2D eigenvalue weighted by molar-refractivity contribution is 5.95. The Kier molecular flexibility index (Phi) is 4.97. The molecule has 0 aromatic heterocycles. The maximum atomic E-state index is 12.7. The number of hydrogen-bond donors (Lipinski definition) is 3. The number of hydrogen-bond acceptors (Lipinski definition) is 7. The first kappa shape index (κ1) is 20.3. The number of carbonyl (C=O) groups excluding carboxylic acids is 3. The van der Waals surface area contributed by atoms with Gasteiger partial charge in [0.25, 0.3) is 17.5 Å². The van der Waals surface area contributed by atoms with Gasteiger partial charge in [-0.1, -0.05) is 0 Å². The zero-order chi connectivity index (χ0) is 21.5. The molecule has 4 aliphatic rings. The van der Waals surface area contributed by atoms with Gasteiger partial charge in [0, 0.05) is 17.7 Å². The molecule has 0 saturated heterocycles. The number of carbonyl (C=O) groups is 3. The highest BCUT2D eigenvalue weighted by atomic mass is 16.6. The van der Waals surface area contributed by atoms with Crippen molar-refractivity contribution < 1.29 is 29.2 Å². The van der Waals surface area contributed by atoms with Crippen LogP contribution in [0.15, 0.2) is 24.3 Å². The number of esters is 1. The molecule has 4 fully saturated rings. The van der Waals surface area contributed by atoms with E-state index in [2.05, 4.69) is 10.9 Å². The van der Waals surface area contributed by atoms with Gasteiger partial charge < -0.3 is 9.84 Å². The summed E-state index contributed by atoms with van der Waals surface area (Å²) in [4.78, 5) is 46.8. The third-order valence-corrected chi connectivity index (χ3v) is 6.45. The second-order valence-corrected chi connectivity index (χ2v) is 8.85. The van der Waals surface area contributed by atoms with Crippen LogP contribution in [0.1, 0.15) is 48.9 Å². The summed E-state index contributed by atoms with van der Waals surface area (Å²) in [5.41, 5.74) is 2.78. The Bertz CT molecular complexity index is 884. The van der Waals surface area contributed by atoms with Crippen LogP contribution in [-0.4, -0.2) is 40.0 Å². The summed E-state index contributed by atoms with van der Waals surface area (Å²) in [7, 11) is 0. The van der Waals surface area contributed by atoms with E-state index in [1.165, 1.54) is 24.3 Å². The number of non-ortho nitro benzene ring substituents is 1. The van der Waals surface area contributed by atoms with Crippen molar-refractivity contribution in [2.75, 3.05) is 6.61 Å². The molecule has 2 atom stereocenters. The highest BCUT2D eigenvalue weighted by Crippen LogP contribution is 2.61. The van der Waals surface area contributed by atoms with Gasteiger partial charge >= 0.3 is 5.97 Å². The number of nitro groups is 1. The van der Waals surface area contributed by atoms with Crippen molar-refractivity contribution in [1.29, 1.82) is 0 Å². The van der Waals surface area contributed by atoms with Crippen LogP contribution in [0.25, 0.3) is 0 Å². The fourth-order valence-electron chi connectivity index (χ4n) is 5.71. The molecule has 10 heteroatoms. The Hall–Kier alpha value is -3.01. The smallest absolute Gasteiger partial charge is 0.312 e. The molecule has 4 saturated carbocycles. The average Bonchev–Trinajstić information content (AvgIpc) is 2.68. The zero-order valence-corrected chi connectivity index (χ0v) is 16.3. The molecule has 3 N–H and O–H groups in total. The molecule has 0 spiro atoms. The summed E-state index contributed by atoms with van der Waals surface area (Å²) < 4.78 is 5.23. The fraction of sp³-hybridized carbons (Fsp3) is 0.550. The van der Waals surface area contributed by atoms with Crippen LogP contribution in [0.2, 0.25) is 0 Å². The third-order valence-electron chi connectivity index (χ3n) is 6.45. The Labute approximate surface area is 172 Å². The minimum absolute atomic E-state index is 0.125. The SMILES string of the molecule is O=C(COC(=O)C12CC3CC(CC(O)(C3)C1)C2)NNC(=O)c1ccc([N+](=O)[O-])cc1. The maximum Gasteiger partial charge on any atom is 0.312 e. The number of nitrogens with one attached hydrogen (secondary N) is 2. The Morgan fingerprint density at radius 1 is 1.10 bits per heavy atom. The number of hydrazine groups is 1. The number of nitro benzene ring substituents is 1. The number of aliphatic hydroxyl groups is 1. The van der Waals surface area contributed by atoms with E-state index in [9.17, 15) is 29.6 Å². The predicted molar refractivity (Wildman–Crippen MR) is 102 cm³/mol. The molecule has 0 aliphatic heterocycles. The minimum atomic E-state index is -0.801. The summed E-state index contributed by atoms with van der Waals surface area (Å²) in [5, 5.41) is 21.4. The first-order chi connectivity index (χ1) is 14.2. The van der Waals surface area contributed by atoms with Gasteiger partial charge in [-0.2, -0.15) is 0 Å². The van der Waals surface area contributed by atoms with E-state index in [1.54, 1.807) is 0 Å². The lowest BCUT2D eigenvalue weighted by Crippen LogP contribution is -2.58. The van der Waals surface area contributed by atoms with Crippen LogP contribution in [0, 0.1) is 27.4 Å². The molecule has 0 radical (unpaired) electrons. The summed E-state index contributed by atoms with van der Waals surface area (Å²) in [6.45, 7) is -0.547. The van der Waals surface area contributed by atoms with Crippen molar-refractivity contribution in [2.24, 2.45) is 17.3 Å². The maximum absolute atomic E-state index is 12.7. The lowest BCUT2D eigenvalue weighted by atomic mass is 9.48. The molecule has 30 heavy (non-hydrogen) atoms. The molecule has 4 aliphatic carbocycles. The number of benzene rings is 1. The first-order valence-electron chi connectivity index (χ1n) is 9.91. The van der Waals surface area contributed by atoms with Gasteiger partial charge in [-0.25, -0.2) is 0 Å². The topological polar surface area (TPSA) is 148 Å². The third kappa shape index (κ3) is 3.87. The van der Waals surface area contributed by atoms with Gasteiger partial charge in [0.15, 0.2) is 6.61 Å². The van der Waals surface area contributed by atoms with Crippen LogP contribution >= 0.6 is 0 Å². The fourth-order valence-corrected chi connectivity index (χ4v) is 5.71. The predicted octanol–water partition coefficient (Wildman–Crippen LogP) is 1.23. The molecule has 160 valence electrons. The normalized spacial score (nSPS) is 31.1. The molecule has 10 nitrogen and oxygen atoms in total. The second kappa shape index (κ2) is 7.35. The van der Waals surface area contributed by atoms with Crippen molar-refractivity contribution in [3.63, 3.8) is 0 Å². The number of nitrogens with zero attached hydrogens (tertiary/aromatic N) is 1. The Morgan fingerprint density at radius 2 is 1.73 bits per heavy atom. The Balaban J connectivity index is 1.26. The van der Waals surface area contributed by atoms with Crippen molar-refractivity contribution in [1.82, 2.24) is 10.9 Å². The van der Waals surface area contributed by atoms with Gasteiger partial charge in [0.1, 0.15) is 0 Å². The summed E-state index contributed by atoms with van der Waals surface area (Å²) >= 11 is 0. The van der Waals surface area contributed by atoms with E-state index in [0.717, 1.165) is 19.3 Å². The van der Waals surface area contributed by atoms with Crippen LogP contribution in [0.4, 0.5) is 5.69 Å². The van der Waals surface area contributed by atoms with Crippen molar-refractivity contribution in [3.05, 3.63) is 39.9 Å². The summed E-state index contributed by atoms with van der Waals surface area (Å²) in [6, 6.07) is 4.88. The standard InChI is InChI=1S/C20H23N3O7/c24-16(21-22-17(25)14-1-3-15(4-2-14)23(28)29)10-30-18(26)19-6-12-5-13(7-19)9-20(27,8-12)11-19/h1-4,12-13,27H,5-11H2,(H,21,24)(H,22,25). The van der Waals surface area contributed by atoms with E-state index >= 15 is 0 Å². The van der Waals surface area contributed by atoms with E-state index in [4.69, 9.17) is 4.74 Å². The summed E-state index contributed by atoms with van der Waals surface area (Å²) in [6.07, 6.45) is 4.24. The zero-order valence-electron chi connectivity index (χ0n) is 16.3. The van der Waals surface area contributed by atoms with Gasteiger partial charge in [-0.05, 0) is 62.5 Å². The molecule has 2 amide bonds. The molecule has 5 rings (SSSR count). The van der Waals surface area contributed by atoms with Crippen LogP contribution < -0.4 is 10.9 Å². The number of amides is 2. The molecule has 0 heterocycles. The van der Waals surface area contributed by atoms with Gasteiger partial charge in [-0.3, -0.25) is 35.3 Å². The lowest BCUT2D eigenvalue weighted by molar-refractivity contribution is -0.384. The first-order valence-corrected chi connectivity index (χ1v) is 9.91. The summed E-state index contributed by atoms with van der Waals surface area (Å²) in [5.74, 6) is -1.20. The van der Waals surface area contributed by atoms with Crippen LogP contribution in [0.5, 0.6) is 0 Å². The van der Waals surface area contributed by atoms with Crippen molar-refractivity contribution in [2.45, 2.75) is 44.1 Å². The van der Waals surface area contributed by atoms with E-state index in [-0.39, 0.29) is 11.3 Å². The van der Waals surface area contributed by atoms with E-state index < -0.39 is 40.3 Å². The molecule has 4 bridgehead atoms. The monoisotopic (exact) mass is 417 g/mol. The van der Waals surface area contributed by atoms with Gasteiger partial charge in [0.05, 0.1) is 15.9 Å². The quantitative estimate of drug-likeness (QED) is 0.371. The van der Waals surface area contributed by atoms with Gasteiger partial charge in [-0.15, -0.1) is 0 Å². The highest BCUT2D eigenvalue weighted by Gasteiger charge is 2.60. The molecule has 1 aromatic rings. The molecular weight excluding hydrogens is 394 g/mol. The largest absolute Gasteiger partial charge is 0.455 e. The van der Waals surface area contributed by atoms with Crippen molar-refractivity contribution in [3.8, 4) is 0 Å². The van der Waals surface area contributed by atoms with Crippen LogP contribution in [0.3, 0.4) is 0 Å². The number of ether oxygens (including phenoxy) is 1. The average molecular weight is 417 g/mol. The lowest BCUT2D eigenvalue weighted by Gasteiger charge is -2.58. The van der Waals surface area contributed by atoms with Gasteiger partial charge in [0.2, 0.25) is 0 Å². The Morgan fingerprint density at radius 3 is 2.30 bits per heavy atom. The number of rotatable bonds is 5. The van der Waals surface area contributed by atoms with Crippen molar-refractivity contribution >= 4 is 23.5 Å². The van der Waals surface area contributed by atoms with Crippen LogP contribution in [-0.2, 0) is 14.3 Å². The second-order valence-electron chi connectivity index (χ2n) is 8.85. The molecular formula is C20H23N3O7. The molecule has 1 aromatic carbocycles. The molecule has 2 unspecified atom stereocenters. The minimum Gasteiger partial charge on any atom is -0.455 e.